The second-order valence-corrected chi connectivity index (χ2v) is 7.00. The van der Waals surface area contributed by atoms with Crippen LogP contribution in [0.5, 0.6) is 0 Å². The number of rotatable bonds is 5. The van der Waals surface area contributed by atoms with E-state index >= 15 is 0 Å². The van der Waals surface area contributed by atoms with Crippen LogP contribution in [0.4, 0.5) is 5.69 Å². The summed E-state index contributed by atoms with van der Waals surface area (Å²) in [4.78, 5) is 19.3. The summed E-state index contributed by atoms with van der Waals surface area (Å²) in [7, 11) is 0. The summed E-state index contributed by atoms with van der Waals surface area (Å²) in [6.45, 7) is 7.90. The highest BCUT2D eigenvalue weighted by Gasteiger charge is 2.19. The average Bonchev–Trinajstić information content (AvgIpc) is 3.20. The summed E-state index contributed by atoms with van der Waals surface area (Å²) < 4.78 is 5.13. The third kappa shape index (κ3) is 6.25. The van der Waals surface area contributed by atoms with Gasteiger partial charge in [0.15, 0.2) is 11.7 Å². The highest BCUT2D eigenvalue weighted by Crippen LogP contribution is 2.17. The molecule has 0 saturated carbocycles. The van der Waals surface area contributed by atoms with Crippen LogP contribution in [0.3, 0.4) is 0 Å². The minimum absolute atomic E-state index is 0. The highest BCUT2D eigenvalue weighted by atomic mass is 127. The summed E-state index contributed by atoms with van der Waals surface area (Å²) in [5, 5.41) is 6.26. The first-order chi connectivity index (χ1) is 13.2. The molecular formula is C21H29IN4O2. The number of nitrogens with one attached hydrogen (secondary N) is 2. The lowest BCUT2D eigenvalue weighted by molar-refractivity contribution is 0.0996. The lowest BCUT2D eigenvalue weighted by Gasteiger charge is -2.33. The van der Waals surface area contributed by atoms with Crippen LogP contribution in [0.25, 0.3) is 0 Å². The van der Waals surface area contributed by atoms with Crippen molar-refractivity contribution in [2.45, 2.75) is 33.2 Å². The second-order valence-electron chi connectivity index (χ2n) is 7.00. The Hall–Kier alpha value is -2.03. The fourth-order valence-corrected chi connectivity index (χ4v) is 3.32. The number of furan rings is 1. The van der Waals surface area contributed by atoms with Crippen molar-refractivity contribution in [3.05, 3.63) is 54.0 Å². The molecular weight excluding hydrogens is 467 g/mol. The molecule has 1 unspecified atom stereocenters. The number of hydrogen-bond acceptors (Lipinski definition) is 3. The van der Waals surface area contributed by atoms with E-state index in [4.69, 9.17) is 9.41 Å². The molecule has 28 heavy (non-hydrogen) atoms. The van der Waals surface area contributed by atoms with E-state index in [0.29, 0.717) is 18.2 Å². The lowest BCUT2D eigenvalue weighted by Crippen LogP contribution is -2.46. The van der Waals surface area contributed by atoms with E-state index in [1.165, 1.54) is 19.1 Å². The number of guanidine groups is 1. The Morgan fingerprint density at radius 1 is 1.32 bits per heavy atom. The largest absolute Gasteiger partial charge is 0.459 e. The summed E-state index contributed by atoms with van der Waals surface area (Å²) in [5.41, 5.74) is 1.79. The smallest absolute Gasteiger partial charge is 0.291 e. The SMILES string of the molecule is CCNC(=NCc1cccc(NC(=O)c2ccco2)c1)N1CCCC(C)C1.I. The average molecular weight is 496 g/mol. The van der Waals surface area contributed by atoms with Crippen LogP contribution < -0.4 is 10.6 Å². The number of carbonyl (C=O) groups excluding carboxylic acids is 1. The third-order valence-corrected chi connectivity index (χ3v) is 4.63. The Kier molecular flexibility index (Phi) is 8.82. The molecule has 2 heterocycles. The van der Waals surface area contributed by atoms with E-state index in [1.54, 1.807) is 12.1 Å². The molecule has 2 aromatic rings. The van der Waals surface area contributed by atoms with E-state index in [0.717, 1.165) is 36.8 Å². The molecule has 1 aliphatic heterocycles. The predicted molar refractivity (Wildman–Crippen MR) is 123 cm³/mol. The number of anilines is 1. The van der Waals surface area contributed by atoms with Crippen molar-refractivity contribution in [3.63, 3.8) is 0 Å². The number of likely N-dealkylation sites (tertiary alicyclic amines) is 1. The van der Waals surface area contributed by atoms with Gasteiger partial charge in [-0.2, -0.15) is 0 Å². The number of carbonyl (C=O) groups is 1. The van der Waals surface area contributed by atoms with Crippen LogP contribution in [-0.2, 0) is 6.54 Å². The molecule has 3 rings (SSSR count). The van der Waals surface area contributed by atoms with E-state index in [2.05, 4.69) is 29.4 Å². The first kappa shape index (κ1) is 22.3. The Labute approximate surface area is 183 Å². The van der Waals surface area contributed by atoms with Crippen LogP contribution >= 0.6 is 24.0 Å². The lowest BCUT2D eigenvalue weighted by atomic mass is 10.0. The van der Waals surface area contributed by atoms with Crippen LogP contribution in [-0.4, -0.2) is 36.4 Å². The number of hydrogen-bond donors (Lipinski definition) is 2. The normalized spacial score (nSPS) is 17.0. The van der Waals surface area contributed by atoms with E-state index < -0.39 is 0 Å². The van der Waals surface area contributed by atoms with Gasteiger partial charge in [0, 0.05) is 25.3 Å². The van der Waals surface area contributed by atoms with Crippen LogP contribution in [0.15, 0.2) is 52.1 Å². The Bertz CT molecular complexity index is 776. The molecule has 2 N–H and O–H groups in total. The summed E-state index contributed by atoms with van der Waals surface area (Å²) in [6, 6.07) is 11.1. The molecule has 1 saturated heterocycles. The van der Waals surface area contributed by atoms with Gasteiger partial charge in [-0.25, -0.2) is 4.99 Å². The van der Waals surface area contributed by atoms with Gasteiger partial charge in [-0.1, -0.05) is 19.1 Å². The molecule has 1 amide bonds. The van der Waals surface area contributed by atoms with Crippen LogP contribution in [0.1, 0.15) is 42.8 Å². The highest BCUT2D eigenvalue weighted by molar-refractivity contribution is 14.0. The van der Waals surface area contributed by atoms with E-state index in [-0.39, 0.29) is 29.9 Å². The number of halogens is 1. The van der Waals surface area contributed by atoms with Crippen molar-refractivity contribution in [3.8, 4) is 0 Å². The van der Waals surface area contributed by atoms with Crippen molar-refractivity contribution in [1.82, 2.24) is 10.2 Å². The molecule has 0 aliphatic carbocycles. The van der Waals surface area contributed by atoms with Gasteiger partial charge in [0.2, 0.25) is 0 Å². The van der Waals surface area contributed by atoms with Gasteiger partial charge in [-0.3, -0.25) is 4.79 Å². The number of piperidine rings is 1. The first-order valence-corrected chi connectivity index (χ1v) is 9.62. The fraction of sp³-hybridized carbons (Fsp3) is 0.429. The maximum absolute atomic E-state index is 12.1. The standard InChI is InChI=1S/C21H28N4O2.HI/c1-3-22-21(25-11-5-7-16(2)15-25)23-14-17-8-4-9-18(13-17)24-20(26)19-10-6-12-27-19;/h4,6,8-10,12-13,16H,3,5,7,11,14-15H2,1-2H3,(H,22,23)(H,24,26);1H. The zero-order valence-corrected chi connectivity index (χ0v) is 18.8. The van der Waals surface area contributed by atoms with E-state index in [9.17, 15) is 4.79 Å². The Morgan fingerprint density at radius 3 is 2.89 bits per heavy atom. The quantitative estimate of drug-likeness (QED) is 0.367. The number of benzene rings is 1. The van der Waals surface area contributed by atoms with Gasteiger partial charge in [0.25, 0.3) is 5.91 Å². The van der Waals surface area contributed by atoms with Gasteiger partial charge in [0.1, 0.15) is 0 Å². The van der Waals surface area contributed by atoms with Gasteiger partial charge < -0.3 is 20.0 Å². The minimum atomic E-state index is -0.253. The molecule has 1 aromatic heterocycles. The summed E-state index contributed by atoms with van der Waals surface area (Å²) in [6.07, 6.45) is 3.98. The summed E-state index contributed by atoms with van der Waals surface area (Å²) >= 11 is 0. The van der Waals surface area contributed by atoms with Crippen LogP contribution in [0.2, 0.25) is 0 Å². The molecule has 0 spiro atoms. The first-order valence-electron chi connectivity index (χ1n) is 9.62. The molecule has 0 bridgehead atoms. The molecule has 1 aromatic carbocycles. The number of nitrogens with zero attached hydrogens (tertiary/aromatic N) is 2. The zero-order chi connectivity index (χ0) is 19.1. The van der Waals surface area contributed by atoms with Crippen molar-refractivity contribution in [2.75, 3.05) is 25.0 Å². The number of amides is 1. The molecule has 152 valence electrons. The molecule has 1 fully saturated rings. The minimum Gasteiger partial charge on any atom is -0.459 e. The van der Waals surface area contributed by atoms with Gasteiger partial charge >= 0.3 is 0 Å². The van der Waals surface area contributed by atoms with E-state index in [1.807, 2.05) is 24.3 Å². The molecule has 1 atom stereocenters. The topological polar surface area (TPSA) is 69.9 Å². The van der Waals surface area contributed by atoms with Gasteiger partial charge in [0.05, 0.1) is 12.8 Å². The van der Waals surface area contributed by atoms with Crippen molar-refractivity contribution in [2.24, 2.45) is 10.9 Å². The monoisotopic (exact) mass is 496 g/mol. The predicted octanol–water partition coefficient (Wildman–Crippen LogP) is 4.35. The summed E-state index contributed by atoms with van der Waals surface area (Å²) in [5.74, 6) is 1.71. The maximum atomic E-state index is 12.1. The fourth-order valence-electron chi connectivity index (χ4n) is 3.32. The second kappa shape index (κ2) is 11.1. The Balaban J connectivity index is 0.00000280. The van der Waals surface area contributed by atoms with Crippen LogP contribution in [0, 0.1) is 5.92 Å². The van der Waals surface area contributed by atoms with Gasteiger partial charge in [-0.05, 0) is 55.5 Å². The molecule has 7 heteroatoms. The number of aliphatic imine (C=N–C) groups is 1. The molecule has 0 radical (unpaired) electrons. The Morgan fingerprint density at radius 2 is 2.18 bits per heavy atom. The zero-order valence-electron chi connectivity index (χ0n) is 16.5. The van der Waals surface area contributed by atoms with Crippen molar-refractivity contribution < 1.29 is 9.21 Å². The van der Waals surface area contributed by atoms with Crippen molar-refractivity contribution >= 4 is 41.5 Å². The third-order valence-electron chi connectivity index (χ3n) is 4.63. The maximum Gasteiger partial charge on any atom is 0.291 e. The molecule has 1 aliphatic rings. The molecule has 6 nitrogen and oxygen atoms in total. The van der Waals surface area contributed by atoms with Gasteiger partial charge in [-0.15, -0.1) is 24.0 Å². The van der Waals surface area contributed by atoms with Crippen molar-refractivity contribution in [1.29, 1.82) is 0 Å².